The van der Waals surface area contributed by atoms with Crippen LogP contribution in [0.2, 0.25) is 0 Å². The maximum Gasteiger partial charge on any atom is 0.246 e. The van der Waals surface area contributed by atoms with E-state index in [9.17, 15) is 43.2 Å². The maximum atomic E-state index is 14.8. The zero-order chi connectivity index (χ0) is 54.9. The van der Waals surface area contributed by atoms with Crippen molar-refractivity contribution >= 4 is 64.9 Å². The van der Waals surface area contributed by atoms with E-state index in [0.29, 0.717) is 49.8 Å². The summed E-state index contributed by atoms with van der Waals surface area (Å²) >= 11 is 1.47. The standard InChI is InChI=1S/C56H83N9O9S/c1-10-35(7)46-54(72)57-39(26-29-75-9)48(66)58-40(30-33(3)4)50(68)63-47(36(8)11-2)56(74)65-28-19-25-44(65)55(73)64-27-18-24-43(64)52(70)60-41(31-37-20-14-12-15-21-37)49(67)59-42(32-38-22-16-13-17-23-38)51(69)61-45(34(5)6)53(71)62-46/h12-17,20-23,33-36,39-47H,10-11,18-19,24-32H2,1-9H3,(H,57,72)(H,58,66)(H,59,67)(H,60,70)(H,61,69)(H,62,71)(H,63,68)/t35-,36-,39+,40+,41+,42+,43+,44+,45+,46+,47+/m1/s1. The molecule has 2 aromatic rings. The molecule has 3 saturated heterocycles. The van der Waals surface area contributed by atoms with Gasteiger partial charge in [0.15, 0.2) is 0 Å². The molecular weight excluding hydrogens is 975 g/mol. The number of carbonyl (C=O) groups excluding carboxylic acids is 9. The van der Waals surface area contributed by atoms with E-state index in [1.807, 2.05) is 89.4 Å². The number of carbonyl (C=O) groups is 9. The van der Waals surface area contributed by atoms with Crippen molar-refractivity contribution in [3.8, 4) is 0 Å². The quantitative estimate of drug-likeness (QED) is 0.145. The van der Waals surface area contributed by atoms with Gasteiger partial charge in [0.05, 0.1) is 0 Å². The Hall–Kier alpha value is -5.98. The smallest absolute Gasteiger partial charge is 0.246 e. The molecule has 11 atom stereocenters. The number of thioether (sulfide) groups is 1. The number of nitrogens with one attached hydrogen (secondary N) is 7. The van der Waals surface area contributed by atoms with Gasteiger partial charge in [-0.2, -0.15) is 11.8 Å². The number of benzene rings is 2. The van der Waals surface area contributed by atoms with Crippen LogP contribution in [0.15, 0.2) is 60.7 Å². The number of amides is 9. The lowest BCUT2D eigenvalue weighted by molar-refractivity contribution is -0.149. The molecule has 412 valence electrons. The Kier molecular flexibility index (Phi) is 23.0. The molecule has 2 aromatic carbocycles. The molecule has 19 heteroatoms. The van der Waals surface area contributed by atoms with Crippen LogP contribution in [-0.4, -0.2) is 142 Å². The summed E-state index contributed by atoms with van der Waals surface area (Å²) in [5.74, 6) is -6.19. The third-order valence-electron chi connectivity index (χ3n) is 14.9. The van der Waals surface area contributed by atoms with Gasteiger partial charge < -0.3 is 47.0 Å². The number of hydrogen-bond acceptors (Lipinski definition) is 10. The van der Waals surface area contributed by atoms with Crippen LogP contribution in [0.25, 0.3) is 0 Å². The average Bonchev–Trinajstić information content (AvgIpc) is 4.10. The lowest BCUT2D eigenvalue weighted by Gasteiger charge is -2.35. The second kappa shape index (κ2) is 28.8. The molecule has 0 aromatic heterocycles. The van der Waals surface area contributed by atoms with Crippen molar-refractivity contribution in [2.45, 2.75) is 174 Å². The first-order chi connectivity index (χ1) is 35.8. The molecule has 3 heterocycles. The number of rotatable bonds is 14. The topological polar surface area (TPSA) is 244 Å². The molecular formula is C56H83N9O9S. The van der Waals surface area contributed by atoms with Crippen molar-refractivity contribution in [1.29, 1.82) is 0 Å². The first-order valence-corrected chi connectivity index (χ1v) is 28.5. The maximum absolute atomic E-state index is 14.8. The van der Waals surface area contributed by atoms with Crippen molar-refractivity contribution in [3.05, 3.63) is 71.8 Å². The fourth-order valence-corrected chi connectivity index (χ4v) is 10.5. The summed E-state index contributed by atoms with van der Waals surface area (Å²) in [7, 11) is 0. The third-order valence-corrected chi connectivity index (χ3v) is 15.5. The van der Waals surface area contributed by atoms with Crippen LogP contribution in [0.3, 0.4) is 0 Å². The van der Waals surface area contributed by atoms with E-state index in [1.54, 1.807) is 32.9 Å². The molecule has 0 saturated carbocycles. The first kappa shape index (κ1) is 59.9. The van der Waals surface area contributed by atoms with Crippen LogP contribution in [0.5, 0.6) is 0 Å². The highest BCUT2D eigenvalue weighted by Crippen LogP contribution is 2.27. The van der Waals surface area contributed by atoms with E-state index in [4.69, 9.17) is 0 Å². The molecule has 18 nitrogen and oxygen atoms in total. The summed E-state index contributed by atoms with van der Waals surface area (Å²) in [6.45, 7) is 15.2. The molecule has 5 rings (SSSR count). The van der Waals surface area contributed by atoms with Crippen LogP contribution in [0.1, 0.15) is 118 Å². The van der Waals surface area contributed by atoms with Gasteiger partial charge in [-0.1, -0.05) is 129 Å². The van der Waals surface area contributed by atoms with E-state index in [-0.39, 0.29) is 50.6 Å². The molecule has 0 spiro atoms. The highest BCUT2D eigenvalue weighted by Gasteiger charge is 2.46. The minimum absolute atomic E-state index is 0.0206. The molecule has 0 radical (unpaired) electrons. The van der Waals surface area contributed by atoms with Gasteiger partial charge in [0, 0.05) is 25.9 Å². The predicted octanol–water partition coefficient (Wildman–Crippen LogP) is 3.41. The summed E-state index contributed by atoms with van der Waals surface area (Å²) in [6.07, 6.45) is 4.95. The fourth-order valence-electron chi connectivity index (χ4n) is 10.0. The van der Waals surface area contributed by atoms with Crippen molar-refractivity contribution in [2.24, 2.45) is 23.7 Å². The zero-order valence-electron chi connectivity index (χ0n) is 45.4. The van der Waals surface area contributed by atoms with Gasteiger partial charge in [-0.05, 0) is 85.3 Å². The second-order valence-electron chi connectivity index (χ2n) is 21.4. The van der Waals surface area contributed by atoms with Crippen molar-refractivity contribution in [3.63, 3.8) is 0 Å². The van der Waals surface area contributed by atoms with Crippen LogP contribution < -0.4 is 37.2 Å². The molecule has 0 bridgehead atoms. The first-order valence-electron chi connectivity index (χ1n) is 27.1. The van der Waals surface area contributed by atoms with Crippen LogP contribution >= 0.6 is 11.8 Å². The Morgan fingerprint density at radius 1 is 0.493 bits per heavy atom. The molecule has 3 aliphatic heterocycles. The molecule has 3 aliphatic rings. The van der Waals surface area contributed by atoms with Gasteiger partial charge in [0.25, 0.3) is 0 Å². The molecule has 9 amide bonds. The number of nitrogens with zero attached hydrogens (tertiary/aromatic N) is 2. The third kappa shape index (κ3) is 16.5. The van der Waals surface area contributed by atoms with Gasteiger partial charge >= 0.3 is 0 Å². The van der Waals surface area contributed by atoms with Gasteiger partial charge in [-0.15, -0.1) is 0 Å². The minimum Gasteiger partial charge on any atom is -0.343 e. The summed E-state index contributed by atoms with van der Waals surface area (Å²) in [5, 5.41) is 20.3. The fraction of sp³-hybridized carbons (Fsp3) is 0.625. The van der Waals surface area contributed by atoms with E-state index >= 15 is 0 Å². The van der Waals surface area contributed by atoms with Gasteiger partial charge in [-0.3, -0.25) is 43.2 Å². The largest absolute Gasteiger partial charge is 0.343 e. The Morgan fingerprint density at radius 3 is 1.45 bits per heavy atom. The van der Waals surface area contributed by atoms with Crippen molar-refractivity contribution in [2.75, 3.05) is 25.1 Å². The monoisotopic (exact) mass is 1060 g/mol. The summed E-state index contributed by atoms with van der Waals surface area (Å²) in [5.41, 5.74) is 1.43. The number of hydrogen-bond donors (Lipinski definition) is 7. The van der Waals surface area contributed by atoms with Gasteiger partial charge in [-0.25, -0.2) is 0 Å². The molecule has 3 fully saturated rings. The van der Waals surface area contributed by atoms with Crippen molar-refractivity contribution in [1.82, 2.24) is 47.0 Å². The van der Waals surface area contributed by atoms with E-state index in [0.717, 1.165) is 5.56 Å². The van der Waals surface area contributed by atoms with Crippen molar-refractivity contribution < 1.29 is 43.2 Å². The lowest BCUT2D eigenvalue weighted by Crippen LogP contribution is -2.62. The Bertz CT molecular complexity index is 2290. The summed E-state index contributed by atoms with van der Waals surface area (Å²) < 4.78 is 0. The highest BCUT2D eigenvalue weighted by atomic mass is 32.2. The van der Waals surface area contributed by atoms with E-state index in [1.165, 1.54) is 21.6 Å². The Labute approximate surface area is 447 Å². The minimum atomic E-state index is -1.24. The Balaban J connectivity index is 1.60. The Morgan fingerprint density at radius 2 is 0.920 bits per heavy atom. The molecule has 0 unspecified atom stereocenters. The summed E-state index contributed by atoms with van der Waals surface area (Å²) in [4.78, 5) is 134. The zero-order valence-corrected chi connectivity index (χ0v) is 46.3. The van der Waals surface area contributed by atoms with E-state index < -0.39 is 119 Å². The van der Waals surface area contributed by atoms with Crippen LogP contribution in [0, 0.1) is 23.7 Å². The molecule has 0 aliphatic carbocycles. The highest BCUT2D eigenvalue weighted by molar-refractivity contribution is 7.98. The van der Waals surface area contributed by atoms with E-state index in [2.05, 4.69) is 37.2 Å². The molecule has 75 heavy (non-hydrogen) atoms. The van der Waals surface area contributed by atoms with Gasteiger partial charge in [0.2, 0.25) is 53.2 Å². The SMILES string of the molecule is CC[C@@H](C)[C@@H]1NC(=O)[C@H](C(C)C)NC(=O)[C@H](Cc2ccccc2)NC(=O)[C@H](Cc2ccccc2)NC(=O)[C@@H]2CCCN2C(=O)[C@@H]2CCCN2C(=O)[C@H]([C@H](C)CC)NC(=O)[C@H](CC(C)C)NC(=O)[C@H](CCSC)NC1=O. The normalized spacial score (nSPS) is 27.2. The lowest BCUT2D eigenvalue weighted by atomic mass is 9.95. The average molecular weight is 1060 g/mol. The van der Waals surface area contributed by atoms with Crippen LogP contribution in [-0.2, 0) is 56.0 Å². The predicted molar refractivity (Wildman–Crippen MR) is 289 cm³/mol. The number of fused-ring (bicyclic) bond motifs is 2. The van der Waals surface area contributed by atoms with Crippen LogP contribution in [0.4, 0.5) is 0 Å². The second-order valence-corrected chi connectivity index (χ2v) is 22.4. The van der Waals surface area contributed by atoms with Gasteiger partial charge in [0.1, 0.15) is 54.4 Å². The molecule has 7 N–H and O–H groups in total. The summed E-state index contributed by atoms with van der Waals surface area (Å²) in [6, 6.07) is 8.17.